The quantitative estimate of drug-likeness (QED) is 0.191. The van der Waals surface area contributed by atoms with Crippen molar-refractivity contribution in [1.29, 1.82) is 0 Å². The minimum Gasteiger partial charge on any atom is -0.456 e. The maximum atomic E-state index is 6.95. The molecule has 0 saturated heterocycles. The predicted octanol–water partition coefficient (Wildman–Crippen LogP) is 12.7. The number of fused-ring (bicyclic) bond motifs is 8. The molecule has 4 nitrogen and oxygen atoms in total. The highest BCUT2D eigenvalue weighted by Gasteiger charge is 2.26. The normalized spacial score (nSPS) is 12.2. The van der Waals surface area contributed by atoms with Crippen LogP contribution in [0.4, 0.5) is 0 Å². The van der Waals surface area contributed by atoms with Crippen LogP contribution in [0.1, 0.15) is 56.2 Å². The molecule has 0 unspecified atom stereocenters. The van der Waals surface area contributed by atoms with Gasteiger partial charge in [0.25, 0.3) is 0 Å². The van der Waals surface area contributed by atoms with Crippen LogP contribution < -0.4 is 0 Å². The second-order valence-corrected chi connectivity index (χ2v) is 13.6. The molecule has 0 radical (unpaired) electrons. The Morgan fingerprint density at radius 2 is 1.29 bits per heavy atom. The Kier molecular flexibility index (Phi) is 6.38. The number of rotatable bonds is 5. The number of furan rings is 2. The summed E-state index contributed by atoms with van der Waals surface area (Å²) in [6, 6.07) is 40.9. The highest BCUT2D eigenvalue weighted by molar-refractivity contribution is 6.23. The van der Waals surface area contributed by atoms with Gasteiger partial charge in [0.15, 0.2) is 0 Å². The third-order valence-corrected chi connectivity index (χ3v) is 9.80. The van der Waals surface area contributed by atoms with Crippen molar-refractivity contribution in [2.45, 2.75) is 46.5 Å². The molecule has 9 aromatic rings. The van der Waals surface area contributed by atoms with Gasteiger partial charge >= 0.3 is 0 Å². The van der Waals surface area contributed by atoms with Gasteiger partial charge in [-0.3, -0.25) is 4.57 Å². The van der Waals surface area contributed by atoms with Crippen LogP contribution in [0.15, 0.2) is 124 Å². The highest BCUT2D eigenvalue weighted by Crippen LogP contribution is 2.44. The summed E-state index contributed by atoms with van der Waals surface area (Å²) in [6.45, 7) is 11.3. The number of hydrogen-bond donors (Lipinski definition) is 0. The fourth-order valence-corrected chi connectivity index (χ4v) is 7.45. The Labute approximate surface area is 279 Å². The largest absolute Gasteiger partial charge is 0.456 e. The van der Waals surface area contributed by atoms with Gasteiger partial charge in [-0.25, -0.2) is 4.98 Å². The molecule has 4 heteroatoms. The summed E-state index contributed by atoms with van der Waals surface area (Å²) in [5.41, 5.74) is 13.9. The number of aryl methyl sites for hydroxylation is 1. The molecule has 3 aromatic heterocycles. The van der Waals surface area contributed by atoms with Crippen LogP contribution in [0.25, 0.3) is 83.1 Å². The first kappa shape index (κ1) is 28.6. The van der Waals surface area contributed by atoms with Crippen LogP contribution >= 0.6 is 0 Å². The monoisotopic (exact) mass is 624 g/mol. The number of para-hydroxylation sites is 2. The average Bonchev–Trinajstić information content (AvgIpc) is 3.78. The first-order valence-corrected chi connectivity index (χ1v) is 16.9. The third-order valence-electron chi connectivity index (χ3n) is 9.80. The molecule has 0 aliphatic rings. The van der Waals surface area contributed by atoms with Gasteiger partial charge in [-0.2, -0.15) is 0 Å². The van der Waals surface area contributed by atoms with Crippen molar-refractivity contribution in [3.05, 3.63) is 132 Å². The maximum absolute atomic E-state index is 6.95. The summed E-state index contributed by atoms with van der Waals surface area (Å²) in [4.78, 5) is 5.39. The summed E-state index contributed by atoms with van der Waals surface area (Å²) in [5.74, 6) is 1.44. The lowest BCUT2D eigenvalue weighted by atomic mass is 9.88. The van der Waals surface area contributed by atoms with Crippen molar-refractivity contribution in [3.63, 3.8) is 0 Å². The van der Waals surface area contributed by atoms with Gasteiger partial charge in [-0.05, 0) is 95.1 Å². The van der Waals surface area contributed by atoms with Gasteiger partial charge in [0.1, 0.15) is 28.2 Å². The van der Waals surface area contributed by atoms with Crippen LogP contribution in [0, 0.1) is 6.92 Å². The standard InChI is InChI=1S/C44H36N2O2/c1-25(2)34-23-29(28-12-7-6-8-13-28)24-35(26(3)4)41(34)46-37-22-27(5)18-20-36(37)45-44(46)33-16-11-15-30-31-19-21-39-40(43(31)48-42(30)33)32-14-9-10-17-38(32)47-39/h6-26H,1-5H3. The van der Waals surface area contributed by atoms with E-state index in [0.29, 0.717) is 0 Å². The number of aromatic nitrogens is 2. The van der Waals surface area contributed by atoms with Crippen LogP contribution in [0.2, 0.25) is 0 Å². The summed E-state index contributed by atoms with van der Waals surface area (Å²) < 4.78 is 15.6. The predicted molar refractivity (Wildman–Crippen MR) is 199 cm³/mol. The van der Waals surface area contributed by atoms with Gasteiger partial charge in [0, 0.05) is 16.2 Å². The van der Waals surface area contributed by atoms with Crippen LogP contribution in [0.3, 0.4) is 0 Å². The van der Waals surface area contributed by atoms with Crippen LogP contribution in [-0.2, 0) is 0 Å². The highest BCUT2D eigenvalue weighted by atomic mass is 16.3. The van der Waals surface area contributed by atoms with Crippen molar-refractivity contribution in [1.82, 2.24) is 9.55 Å². The topological polar surface area (TPSA) is 44.1 Å². The van der Waals surface area contributed by atoms with E-state index in [1.165, 1.54) is 33.5 Å². The molecular formula is C44H36N2O2. The molecule has 0 atom stereocenters. The maximum Gasteiger partial charge on any atom is 0.149 e. The van der Waals surface area contributed by atoms with Crippen molar-refractivity contribution in [2.75, 3.05) is 0 Å². The molecular weight excluding hydrogens is 588 g/mol. The van der Waals surface area contributed by atoms with Crippen molar-refractivity contribution in [2.24, 2.45) is 0 Å². The first-order valence-electron chi connectivity index (χ1n) is 16.9. The molecule has 0 bridgehead atoms. The zero-order chi connectivity index (χ0) is 32.7. The van der Waals surface area contributed by atoms with E-state index in [1.807, 2.05) is 12.1 Å². The third kappa shape index (κ3) is 4.25. The lowest BCUT2D eigenvalue weighted by Crippen LogP contribution is -2.09. The lowest BCUT2D eigenvalue weighted by Gasteiger charge is -2.24. The number of nitrogens with zero attached hydrogens (tertiary/aromatic N) is 2. The summed E-state index contributed by atoms with van der Waals surface area (Å²) in [5, 5.41) is 4.21. The smallest absolute Gasteiger partial charge is 0.149 e. The van der Waals surface area contributed by atoms with Crippen molar-refractivity contribution >= 4 is 54.9 Å². The molecule has 0 spiro atoms. The van der Waals surface area contributed by atoms with Gasteiger partial charge in [0.2, 0.25) is 0 Å². The second-order valence-electron chi connectivity index (χ2n) is 13.6. The Bertz CT molecular complexity index is 2660. The number of imidazole rings is 1. The number of benzene rings is 6. The van der Waals surface area contributed by atoms with Crippen molar-refractivity contribution < 1.29 is 8.83 Å². The van der Waals surface area contributed by atoms with E-state index in [0.717, 1.165) is 66.3 Å². The van der Waals surface area contributed by atoms with E-state index in [-0.39, 0.29) is 11.8 Å². The molecule has 0 aliphatic heterocycles. The molecule has 0 N–H and O–H groups in total. The molecule has 6 aromatic carbocycles. The molecule has 0 amide bonds. The second kappa shape index (κ2) is 10.7. The van der Waals surface area contributed by atoms with Gasteiger partial charge < -0.3 is 8.83 Å². The van der Waals surface area contributed by atoms with Gasteiger partial charge in [0.05, 0.1) is 27.7 Å². The van der Waals surface area contributed by atoms with Crippen LogP contribution in [0.5, 0.6) is 0 Å². The average molecular weight is 625 g/mol. The van der Waals surface area contributed by atoms with E-state index in [1.54, 1.807) is 0 Å². The van der Waals surface area contributed by atoms with E-state index in [9.17, 15) is 0 Å². The van der Waals surface area contributed by atoms with Crippen LogP contribution in [-0.4, -0.2) is 9.55 Å². The van der Waals surface area contributed by atoms with E-state index in [2.05, 4.69) is 142 Å². The van der Waals surface area contributed by atoms with Gasteiger partial charge in [-0.1, -0.05) is 94.4 Å². The summed E-state index contributed by atoms with van der Waals surface area (Å²) in [7, 11) is 0. The Hall–Kier alpha value is -5.61. The zero-order valence-electron chi connectivity index (χ0n) is 27.8. The molecule has 3 heterocycles. The van der Waals surface area contributed by atoms with E-state index in [4.69, 9.17) is 13.8 Å². The minimum absolute atomic E-state index is 0.279. The minimum atomic E-state index is 0.279. The Morgan fingerprint density at radius 3 is 2.06 bits per heavy atom. The molecule has 9 rings (SSSR count). The molecule has 234 valence electrons. The molecule has 0 saturated carbocycles. The zero-order valence-corrected chi connectivity index (χ0v) is 27.8. The SMILES string of the molecule is Cc1ccc2nc(-c3cccc4c3oc3c4ccc4oc5ccccc5c43)n(-c3c(C(C)C)cc(-c4ccccc4)cc3C(C)C)c2c1. The molecule has 0 aliphatic carbocycles. The van der Waals surface area contributed by atoms with E-state index < -0.39 is 0 Å². The van der Waals surface area contributed by atoms with E-state index >= 15 is 0 Å². The summed E-state index contributed by atoms with van der Waals surface area (Å²) in [6.07, 6.45) is 0. The Balaban J connectivity index is 1.39. The molecule has 0 fully saturated rings. The van der Waals surface area contributed by atoms with Gasteiger partial charge in [-0.15, -0.1) is 0 Å². The number of hydrogen-bond acceptors (Lipinski definition) is 3. The summed E-state index contributed by atoms with van der Waals surface area (Å²) >= 11 is 0. The van der Waals surface area contributed by atoms with Crippen molar-refractivity contribution in [3.8, 4) is 28.2 Å². The lowest BCUT2D eigenvalue weighted by molar-refractivity contribution is 0.663. The fourth-order valence-electron chi connectivity index (χ4n) is 7.45. The fraction of sp³-hybridized carbons (Fsp3) is 0.159. The molecule has 48 heavy (non-hydrogen) atoms. The Morgan fingerprint density at radius 1 is 0.583 bits per heavy atom. The first-order chi connectivity index (χ1) is 23.4.